The zero-order valence-electron chi connectivity index (χ0n) is 8.64. The number of nitrogen functional groups attached to an aromatic ring is 1. The van der Waals surface area contributed by atoms with Gasteiger partial charge >= 0.3 is 0 Å². The maximum absolute atomic E-state index is 11.7. The van der Waals surface area contributed by atoms with Gasteiger partial charge in [0.2, 0.25) is 0 Å². The predicted octanol–water partition coefficient (Wildman–Crippen LogP) is 0.511. The topological polar surface area (TPSA) is 120 Å². The third-order valence-electron chi connectivity index (χ3n) is 2.03. The second kappa shape index (κ2) is 4.32. The molecule has 0 aliphatic heterocycles. The second-order valence-corrected chi connectivity index (χ2v) is 3.20. The minimum Gasteiger partial charge on any atom is -0.394 e. The van der Waals surface area contributed by atoms with Gasteiger partial charge in [-0.05, 0) is 12.1 Å². The fraction of sp³-hybridized carbons (Fsp3) is 0. The van der Waals surface area contributed by atoms with E-state index >= 15 is 0 Å². The third kappa shape index (κ3) is 2.21. The van der Waals surface area contributed by atoms with Crippen molar-refractivity contribution in [2.45, 2.75) is 0 Å². The lowest BCUT2D eigenvalue weighted by Crippen LogP contribution is -2.14. The van der Waals surface area contributed by atoms with Crippen molar-refractivity contribution in [2.75, 3.05) is 11.1 Å². The standard InChI is InChI=1S/C10H8N6O/c11-3-6-1-2-8(13-4-6)10(17)15-9-7(12)5-14-16-9/h1-2,4-5H,12H2,(H2,14,15,16,17). The van der Waals surface area contributed by atoms with Crippen LogP contribution >= 0.6 is 0 Å². The number of hydrogen-bond acceptors (Lipinski definition) is 5. The first kappa shape index (κ1) is 10.6. The number of nitriles is 1. The maximum Gasteiger partial charge on any atom is 0.275 e. The quantitative estimate of drug-likeness (QED) is 0.691. The van der Waals surface area contributed by atoms with Crippen LogP contribution in [0.3, 0.4) is 0 Å². The Morgan fingerprint density at radius 3 is 2.82 bits per heavy atom. The molecule has 0 radical (unpaired) electrons. The van der Waals surface area contributed by atoms with Crippen LogP contribution < -0.4 is 11.1 Å². The van der Waals surface area contributed by atoms with Crippen LogP contribution in [-0.4, -0.2) is 21.1 Å². The van der Waals surface area contributed by atoms with E-state index in [1.54, 1.807) is 0 Å². The van der Waals surface area contributed by atoms with Crippen molar-refractivity contribution in [3.05, 3.63) is 35.8 Å². The Morgan fingerprint density at radius 1 is 1.47 bits per heavy atom. The van der Waals surface area contributed by atoms with Gasteiger partial charge < -0.3 is 11.1 Å². The highest BCUT2D eigenvalue weighted by Gasteiger charge is 2.10. The van der Waals surface area contributed by atoms with Crippen LogP contribution in [0.2, 0.25) is 0 Å². The molecule has 7 heteroatoms. The van der Waals surface area contributed by atoms with Gasteiger partial charge in [0.15, 0.2) is 5.82 Å². The summed E-state index contributed by atoms with van der Waals surface area (Å²) in [6, 6.07) is 4.89. The maximum atomic E-state index is 11.7. The van der Waals surface area contributed by atoms with Crippen LogP contribution in [0, 0.1) is 11.3 Å². The molecule has 2 heterocycles. The van der Waals surface area contributed by atoms with E-state index in [0.717, 1.165) is 0 Å². The first-order valence-electron chi connectivity index (χ1n) is 4.67. The molecule has 0 spiro atoms. The Labute approximate surface area is 96.3 Å². The number of pyridine rings is 1. The van der Waals surface area contributed by atoms with Gasteiger partial charge in [-0.3, -0.25) is 9.89 Å². The summed E-state index contributed by atoms with van der Waals surface area (Å²) in [5.74, 6) is -0.105. The number of nitrogens with two attached hydrogens (primary N) is 1. The normalized spacial score (nSPS) is 9.59. The molecule has 0 aliphatic carbocycles. The molecule has 0 saturated carbocycles. The highest BCUT2D eigenvalue weighted by Crippen LogP contribution is 2.13. The lowest BCUT2D eigenvalue weighted by atomic mass is 10.2. The van der Waals surface area contributed by atoms with E-state index in [2.05, 4.69) is 20.5 Å². The molecule has 0 bridgehead atoms. The monoisotopic (exact) mass is 228 g/mol. The van der Waals surface area contributed by atoms with E-state index in [4.69, 9.17) is 11.0 Å². The smallest absolute Gasteiger partial charge is 0.275 e. The predicted molar refractivity (Wildman–Crippen MR) is 59.9 cm³/mol. The van der Waals surface area contributed by atoms with Crippen molar-refractivity contribution in [1.82, 2.24) is 15.2 Å². The summed E-state index contributed by atoms with van der Waals surface area (Å²) in [4.78, 5) is 15.6. The van der Waals surface area contributed by atoms with Crippen LogP contribution in [0.5, 0.6) is 0 Å². The Kier molecular flexibility index (Phi) is 2.70. The summed E-state index contributed by atoms with van der Waals surface area (Å²) in [5, 5.41) is 17.3. The lowest BCUT2D eigenvalue weighted by Gasteiger charge is -2.02. The van der Waals surface area contributed by atoms with Crippen LogP contribution in [-0.2, 0) is 0 Å². The number of aromatic nitrogens is 3. The average molecular weight is 228 g/mol. The minimum absolute atomic E-state index is 0.193. The molecule has 0 aliphatic rings. The van der Waals surface area contributed by atoms with Crippen LogP contribution in [0.25, 0.3) is 0 Å². The number of rotatable bonds is 2. The molecule has 1 amide bonds. The van der Waals surface area contributed by atoms with E-state index in [9.17, 15) is 4.79 Å². The Morgan fingerprint density at radius 2 is 2.29 bits per heavy atom. The molecule has 84 valence electrons. The third-order valence-corrected chi connectivity index (χ3v) is 2.03. The van der Waals surface area contributed by atoms with Gasteiger partial charge in [0.25, 0.3) is 5.91 Å². The molecule has 17 heavy (non-hydrogen) atoms. The fourth-order valence-corrected chi connectivity index (χ4v) is 1.17. The summed E-state index contributed by atoms with van der Waals surface area (Å²) < 4.78 is 0. The molecule has 2 rings (SSSR count). The van der Waals surface area contributed by atoms with Gasteiger partial charge in [-0.1, -0.05) is 0 Å². The van der Waals surface area contributed by atoms with Gasteiger partial charge in [0.05, 0.1) is 17.4 Å². The van der Waals surface area contributed by atoms with Gasteiger partial charge in [-0.25, -0.2) is 4.98 Å². The van der Waals surface area contributed by atoms with E-state index in [0.29, 0.717) is 17.1 Å². The Hall–Kier alpha value is -2.88. The van der Waals surface area contributed by atoms with Crippen molar-refractivity contribution in [3.63, 3.8) is 0 Å². The first-order valence-corrected chi connectivity index (χ1v) is 4.67. The molecule has 2 aromatic heterocycles. The molecule has 4 N–H and O–H groups in total. The fourth-order valence-electron chi connectivity index (χ4n) is 1.17. The summed E-state index contributed by atoms with van der Waals surface area (Å²) in [7, 11) is 0. The zero-order valence-corrected chi connectivity index (χ0v) is 8.64. The van der Waals surface area contributed by atoms with Crippen LogP contribution in [0.15, 0.2) is 24.5 Å². The molecule has 0 atom stereocenters. The number of hydrogen-bond donors (Lipinski definition) is 3. The Balaban J connectivity index is 2.15. The van der Waals surface area contributed by atoms with E-state index in [1.165, 1.54) is 24.5 Å². The number of aromatic amines is 1. The molecule has 2 aromatic rings. The molecular weight excluding hydrogens is 220 g/mol. The van der Waals surface area contributed by atoms with Crippen molar-refractivity contribution in [1.29, 1.82) is 5.26 Å². The SMILES string of the molecule is N#Cc1ccc(C(=O)Nc2[nH]ncc2N)nc1. The molecule has 0 unspecified atom stereocenters. The number of nitrogens with zero attached hydrogens (tertiary/aromatic N) is 3. The lowest BCUT2D eigenvalue weighted by molar-refractivity contribution is 0.102. The molecular formula is C10H8N6O. The van der Waals surface area contributed by atoms with Crippen molar-refractivity contribution in [3.8, 4) is 6.07 Å². The molecule has 0 aromatic carbocycles. The number of H-pyrrole nitrogens is 1. The zero-order chi connectivity index (χ0) is 12.3. The number of anilines is 2. The summed E-state index contributed by atoms with van der Waals surface area (Å²) >= 11 is 0. The molecule has 7 nitrogen and oxygen atoms in total. The Bertz CT molecular complexity index is 580. The number of amides is 1. The number of nitrogens with one attached hydrogen (secondary N) is 2. The van der Waals surface area contributed by atoms with Gasteiger partial charge in [-0.2, -0.15) is 10.4 Å². The van der Waals surface area contributed by atoms with E-state index in [-0.39, 0.29) is 5.69 Å². The highest BCUT2D eigenvalue weighted by atomic mass is 16.1. The molecule has 0 saturated heterocycles. The average Bonchev–Trinajstić information content (AvgIpc) is 2.75. The highest BCUT2D eigenvalue weighted by molar-refractivity contribution is 6.03. The summed E-state index contributed by atoms with van der Waals surface area (Å²) in [6.07, 6.45) is 2.72. The largest absolute Gasteiger partial charge is 0.394 e. The van der Waals surface area contributed by atoms with Gasteiger partial charge in [0, 0.05) is 6.20 Å². The van der Waals surface area contributed by atoms with Crippen LogP contribution in [0.4, 0.5) is 11.5 Å². The van der Waals surface area contributed by atoms with E-state index < -0.39 is 5.91 Å². The number of carbonyl (C=O) groups is 1. The first-order chi connectivity index (χ1) is 8.20. The summed E-state index contributed by atoms with van der Waals surface area (Å²) in [6.45, 7) is 0. The minimum atomic E-state index is -0.426. The van der Waals surface area contributed by atoms with Crippen molar-refractivity contribution < 1.29 is 4.79 Å². The second-order valence-electron chi connectivity index (χ2n) is 3.20. The van der Waals surface area contributed by atoms with E-state index in [1.807, 2.05) is 6.07 Å². The van der Waals surface area contributed by atoms with Gasteiger partial charge in [0.1, 0.15) is 11.8 Å². The van der Waals surface area contributed by atoms with Crippen molar-refractivity contribution >= 4 is 17.4 Å². The van der Waals surface area contributed by atoms with Crippen molar-refractivity contribution in [2.24, 2.45) is 0 Å². The summed E-state index contributed by atoms with van der Waals surface area (Å²) in [5.41, 5.74) is 6.46. The number of carbonyl (C=O) groups excluding carboxylic acids is 1. The van der Waals surface area contributed by atoms with Gasteiger partial charge in [-0.15, -0.1) is 0 Å². The van der Waals surface area contributed by atoms with Crippen LogP contribution in [0.1, 0.15) is 16.1 Å². The molecule has 0 fully saturated rings.